The van der Waals surface area contributed by atoms with E-state index in [0.29, 0.717) is 73.6 Å². The van der Waals surface area contributed by atoms with Crippen molar-refractivity contribution >= 4 is 17.4 Å². The minimum Gasteiger partial charge on any atom is -0.507 e. The molecule has 0 spiro atoms. The number of Topliss-reactive ketones (excluding diaryl/α,β-unsaturated/α-hetero) is 1. The Morgan fingerprint density at radius 3 is 2.49 bits per heavy atom. The van der Waals surface area contributed by atoms with Gasteiger partial charge in [-0.25, -0.2) is 0 Å². The lowest BCUT2D eigenvalue weighted by Gasteiger charge is -2.27. The first kappa shape index (κ1) is 26.3. The van der Waals surface area contributed by atoms with Gasteiger partial charge in [-0.2, -0.15) is 0 Å². The first-order valence-corrected chi connectivity index (χ1v) is 12.6. The number of carbonyl (C=O) groups excluding carboxylic acids is 2. The first-order chi connectivity index (χ1) is 17.8. The molecule has 0 unspecified atom stereocenters. The zero-order valence-electron chi connectivity index (χ0n) is 21.8. The van der Waals surface area contributed by atoms with E-state index in [1.54, 1.807) is 30.3 Å². The summed E-state index contributed by atoms with van der Waals surface area (Å²) in [5, 5.41) is 11.4. The Bertz CT molecular complexity index is 1190. The molecule has 37 heavy (non-hydrogen) atoms. The van der Waals surface area contributed by atoms with Crippen molar-refractivity contribution in [2.24, 2.45) is 0 Å². The van der Waals surface area contributed by atoms with Crippen LogP contribution in [0.15, 0.2) is 42.0 Å². The fourth-order valence-corrected chi connectivity index (χ4v) is 4.41. The molecule has 1 fully saturated rings. The van der Waals surface area contributed by atoms with E-state index in [2.05, 4.69) is 0 Å². The van der Waals surface area contributed by atoms with Crippen molar-refractivity contribution in [3.8, 4) is 23.0 Å². The average Bonchev–Trinajstić information content (AvgIpc) is 3.15. The Labute approximate surface area is 217 Å². The number of aliphatic hydroxyl groups excluding tert-OH is 1. The second-order valence-corrected chi connectivity index (χ2v) is 9.14. The molecular weight excluding hydrogens is 476 g/mol. The van der Waals surface area contributed by atoms with Crippen LogP contribution in [0.5, 0.6) is 23.0 Å². The molecule has 198 valence electrons. The van der Waals surface area contributed by atoms with Crippen LogP contribution in [0.1, 0.15) is 37.4 Å². The number of likely N-dealkylation sites (tertiary alicyclic amines) is 1. The van der Waals surface area contributed by atoms with E-state index in [1.165, 1.54) is 4.90 Å². The summed E-state index contributed by atoms with van der Waals surface area (Å²) in [5.41, 5.74) is 1.03. The number of aliphatic hydroxyl groups is 1. The SMILES string of the molecule is CCCOc1ccc([C@@H]2/C(=C(\O)c3ccc4c(c3)OCCO4)C(=O)C(=O)N2CCN(C)C)cc1OCC. The van der Waals surface area contributed by atoms with Crippen molar-refractivity contribution in [3.63, 3.8) is 0 Å². The number of amides is 1. The van der Waals surface area contributed by atoms with Gasteiger partial charge in [0.2, 0.25) is 0 Å². The summed E-state index contributed by atoms with van der Waals surface area (Å²) in [6.45, 7) is 6.52. The fourth-order valence-electron chi connectivity index (χ4n) is 4.41. The van der Waals surface area contributed by atoms with Gasteiger partial charge >= 0.3 is 0 Å². The molecule has 2 aliphatic heterocycles. The summed E-state index contributed by atoms with van der Waals surface area (Å²) in [6, 6.07) is 9.55. The van der Waals surface area contributed by atoms with E-state index in [1.807, 2.05) is 38.9 Å². The maximum absolute atomic E-state index is 13.3. The lowest BCUT2D eigenvalue weighted by atomic mass is 9.94. The maximum Gasteiger partial charge on any atom is 0.295 e. The topological polar surface area (TPSA) is 97.8 Å². The van der Waals surface area contributed by atoms with Crippen molar-refractivity contribution in [2.45, 2.75) is 26.3 Å². The third-order valence-electron chi connectivity index (χ3n) is 6.19. The van der Waals surface area contributed by atoms with Gasteiger partial charge in [0.25, 0.3) is 11.7 Å². The average molecular weight is 511 g/mol. The molecule has 0 radical (unpaired) electrons. The molecule has 9 nitrogen and oxygen atoms in total. The van der Waals surface area contributed by atoms with Crippen LogP contribution in [0.3, 0.4) is 0 Å². The fraction of sp³-hybridized carbons (Fsp3) is 0.429. The molecule has 1 N–H and O–H groups in total. The number of benzene rings is 2. The number of ketones is 1. The molecule has 2 aliphatic rings. The van der Waals surface area contributed by atoms with E-state index in [-0.39, 0.29) is 11.3 Å². The number of fused-ring (bicyclic) bond motifs is 1. The predicted octanol–water partition coefficient (Wildman–Crippen LogP) is 3.63. The molecule has 0 bridgehead atoms. The number of likely N-dealkylation sites (N-methyl/N-ethyl adjacent to an activating group) is 1. The van der Waals surface area contributed by atoms with E-state index in [0.717, 1.165) is 6.42 Å². The predicted molar refractivity (Wildman–Crippen MR) is 138 cm³/mol. The van der Waals surface area contributed by atoms with Gasteiger partial charge in [0.05, 0.1) is 24.8 Å². The zero-order chi connectivity index (χ0) is 26.5. The zero-order valence-corrected chi connectivity index (χ0v) is 21.8. The number of hydrogen-bond acceptors (Lipinski definition) is 8. The highest BCUT2D eigenvalue weighted by Crippen LogP contribution is 2.43. The Hall–Kier alpha value is -3.72. The van der Waals surface area contributed by atoms with Crippen LogP contribution in [-0.4, -0.2) is 80.2 Å². The summed E-state index contributed by atoms with van der Waals surface area (Å²) in [4.78, 5) is 30.0. The minimum absolute atomic E-state index is 0.0186. The smallest absolute Gasteiger partial charge is 0.295 e. The van der Waals surface area contributed by atoms with Gasteiger partial charge in [-0.3, -0.25) is 9.59 Å². The standard InChI is InChI=1S/C28H34N2O7/c1-5-13-35-20-9-7-18(16-22(20)34-6-2)25-24(27(32)28(33)30(25)12-11-29(3)4)26(31)19-8-10-21-23(17-19)37-15-14-36-21/h7-10,16-17,25,31H,5-6,11-15H2,1-4H3/b26-24+/t25-/m1/s1. The molecular formula is C28H34N2O7. The van der Waals surface area contributed by atoms with E-state index >= 15 is 0 Å². The number of nitrogens with zero attached hydrogens (tertiary/aromatic N) is 2. The number of hydrogen-bond donors (Lipinski definition) is 1. The van der Waals surface area contributed by atoms with Gasteiger partial charge in [0.15, 0.2) is 23.0 Å². The molecule has 0 aliphatic carbocycles. The molecule has 4 rings (SSSR count). The molecule has 0 saturated carbocycles. The van der Waals surface area contributed by atoms with Crippen LogP contribution >= 0.6 is 0 Å². The monoisotopic (exact) mass is 510 g/mol. The van der Waals surface area contributed by atoms with Crippen LogP contribution in [0.25, 0.3) is 5.76 Å². The van der Waals surface area contributed by atoms with Crippen molar-refractivity contribution in [3.05, 3.63) is 53.1 Å². The van der Waals surface area contributed by atoms with E-state index in [4.69, 9.17) is 18.9 Å². The lowest BCUT2D eigenvalue weighted by molar-refractivity contribution is -0.140. The molecule has 2 aromatic carbocycles. The molecule has 1 saturated heterocycles. The lowest BCUT2D eigenvalue weighted by Crippen LogP contribution is -2.35. The maximum atomic E-state index is 13.3. The number of carbonyl (C=O) groups is 2. The van der Waals surface area contributed by atoms with E-state index in [9.17, 15) is 14.7 Å². The van der Waals surface area contributed by atoms with Crippen molar-refractivity contribution in [1.82, 2.24) is 9.80 Å². The summed E-state index contributed by atoms with van der Waals surface area (Å²) < 4.78 is 22.9. The minimum atomic E-state index is -0.799. The van der Waals surface area contributed by atoms with Gasteiger partial charge in [-0.05, 0) is 63.3 Å². The highest BCUT2D eigenvalue weighted by atomic mass is 16.6. The molecule has 1 atom stereocenters. The highest BCUT2D eigenvalue weighted by Gasteiger charge is 2.46. The molecule has 1 amide bonds. The highest BCUT2D eigenvalue weighted by molar-refractivity contribution is 6.46. The van der Waals surface area contributed by atoms with Crippen molar-refractivity contribution in [2.75, 3.05) is 53.6 Å². The third kappa shape index (κ3) is 5.51. The first-order valence-electron chi connectivity index (χ1n) is 12.6. The van der Waals surface area contributed by atoms with Crippen LogP contribution in [0.4, 0.5) is 0 Å². The third-order valence-corrected chi connectivity index (χ3v) is 6.19. The molecule has 0 aromatic heterocycles. The van der Waals surface area contributed by atoms with Crippen LogP contribution in [0, 0.1) is 0 Å². The molecule has 9 heteroatoms. The quantitative estimate of drug-likeness (QED) is 0.294. The van der Waals surface area contributed by atoms with Gasteiger partial charge in [-0.1, -0.05) is 13.0 Å². The van der Waals surface area contributed by atoms with Crippen LogP contribution < -0.4 is 18.9 Å². The molecule has 2 aromatic rings. The van der Waals surface area contributed by atoms with Gasteiger partial charge in [0, 0.05) is 18.7 Å². The summed E-state index contributed by atoms with van der Waals surface area (Å²) in [6.07, 6.45) is 0.841. The number of rotatable bonds is 10. The van der Waals surface area contributed by atoms with Crippen molar-refractivity contribution < 1.29 is 33.6 Å². The van der Waals surface area contributed by atoms with Gasteiger partial charge < -0.3 is 33.9 Å². The molecule has 2 heterocycles. The Morgan fingerprint density at radius 1 is 1.03 bits per heavy atom. The van der Waals surface area contributed by atoms with Gasteiger partial charge in [0.1, 0.15) is 19.0 Å². The van der Waals surface area contributed by atoms with E-state index < -0.39 is 17.7 Å². The number of ether oxygens (including phenoxy) is 4. The second kappa shape index (κ2) is 11.6. The summed E-state index contributed by atoms with van der Waals surface area (Å²) in [5.74, 6) is 0.489. The summed E-state index contributed by atoms with van der Waals surface area (Å²) >= 11 is 0. The van der Waals surface area contributed by atoms with Gasteiger partial charge in [-0.15, -0.1) is 0 Å². The normalized spacial score (nSPS) is 18.4. The largest absolute Gasteiger partial charge is 0.507 e. The van der Waals surface area contributed by atoms with Crippen molar-refractivity contribution in [1.29, 1.82) is 0 Å². The summed E-state index contributed by atoms with van der Waals surface area (Å²) in [7, 11) is 3.79. The van der Waals surface area contributed by atoms with Crippen LogP contribution in [0.2, 0.25) is 0 Å². The second-order valence-electron chi connectivity index (χ2n) is 9.14. The Morgan fingerprint density at radius 2 is 1.78 bits per heavy atom. The Balaban J connectivity index is 1.82. The Kier molecular flexibility index (Phi) is 8.23. The van der Waals surface area contributed by atoms with Crippen LogP contribution in [-0.2, 0) is 9.59 Å².